The van der Waals surface area contributed by atoms with Gasteiger partial charge in [0.1, 0.15) is 5.82 Å². The third-order valence-electron chi connectivity index (χ3n) is 3.50. The van der Waals surface area contributed by atoms with E-state index in [1.54, 1.807) is 7.05 Å². The van der Waals surface area contributed by atoms with Crippen LogP contribution in [0.3, 0.4) is 0 Å². The molecule has 0 saturated heterocycles. The van der Waals surface area contributed by atoms with E-state index in [1.807, 2.05) is 42.5 Å². The van der Waals surface area contributed by atoms with Gasteiger partial charge in [0.2, 0.25) is 11.9 Å². The van der Waals surface area contributed by atoms with Crippen LogP contribution in [0, 0.1) is 0 Å². The molecule has 0 bridgehead atoms. The zero-order valence-corrected chi connectivity index (χ0v) is 12.9. The van der Waals surface area contributed by atoms with E-state index in [4.69, 9.17) is 5.73 Å². The molecule has 0 aliphatic heterocycles. The number of fused-ring (bicyclic) bond motifs is 1. The lowest BCUT2D eigenvalue weighted by Crippen LogP contribution is -2.06. The van der Waals surface area contributed by atoms with Crippen molar-refractivity contribution in [3.8, 4) is 11.1 Å². The van der Waals surface area contributed by atoms with Crippen LogP contribution in [0.2, 0.25) is 0 Å². The van der Waals surface area contributed by atoms with Gasteiger partial charge in [-0.15, -0.1) is 0 Å². The maximum absolute atomic E-state index is 11.4. The monoisotopic (exact) mass is 307 g/mol. The van der Waals surface area contributed by atoms with Gasteiger partial charge < -0.3 is 16.4 Å². The summed E-state index contributed by atoms with van der Waals surface area (Å²) in [7, 11) is 1.79. The molecule has 0 atom stereocenters. The molecule has 0 fully saturated rings. The van der Waals surface area contributed by atoms with Gasteiger partial charge in [0, 0.05) is 30.6 Å². The minimum atomic E-state index is -0.109. The van der Waals surface area contributed by atoms with Crippen molar-refractivity contribution < 1.29 is 4.79 Å². The van der Waals surface area contributed by atoms with Gasteiger partial charge in [-0.1, -0.05) is 24.3 Å². The number of amides is 1. The van der Waals surface area contributed by atoms with E-state index < -0.39 is 0 Å². The lowest BCUT2D eigenvalue weighted by Gasteiger charge is -2.12. The van der Waals surface area contributed by atoms with Gasteiger partial charge in [0.15, 0.2) is 0 Å². The third-order valence-corrected chi connectivity index (χ3v) is 3.50. The van der Waals surface area contributed by atoms with E-state index in [9.17, 15) is 4.79 Å². The van der Waals surface area contributed by atoms with Crippen molar-refractivity contribution in [3.63, 3.8) is 0 Å². The Morgan fingerprint density at radius 3 is 2.65 bits per heavy atom. The maximum atomic E-state index is 11.4. The first-order valence-electron chi connectivity index (χ1n) is 7.20. The highest BCUT2D eigenvalue weighted by atomic mass is 16.1. The fourth-order valence-corrected chi connectivity index (χ4v) is 2.54. The Morgan fingerprint density at radius 2 is 1.91 bits per heavy atom. The zero-order chi connectivity index (χ0) is 16.4. The molecule has 0 spiro atoms. The van der Waals surface area contributed by atoms with Gasteiger partial charge >= 0.3 is 0 Å². The Hall–Kier alpha value is -3.15. The average molecular weight is 307 g/mol. The molecule has 2 aromatic carbocycles. The highest BCUT2D eigenvalue weighted by Gasteiger charge is 2.10. The number of benzene rings is 2. The van der Waals surface area contributed by atoms with Crippen LogP contribution in [0.25, 0.3) is 22.0 Å². The van der Waals surface area contributed by atoms with Crippen LogP contribution in [-0.4, -0.2) is 22.9 Å². The van der Waals surface area contributed by atoms with Gasteiger partial charge in [-0.3, -0.25) is 4.79 Å². The molecule has 0 aliphatic rings. The number of nitrogens with two attached hydrogens (primary N) is 1. The Balaban J connectivity index is 2.16. The van der Waals surface area contributed by atoms with E-state index in [2.05, 4.69) is 20.6 Å². The van der Waals surface area contributed by atoms with Crippen LogP contribution < -0.4 is 16.4 Å². The van der Waals surface area contributed by atoms with Crippen molar-refractivity contribution in [2.75, 3.05) is 23.4 Å². The van der Waals surface area contributed by atoms with Gasteiger partial charge in [-0.05, 0) is 23.8 Å². The zero-order valence-electron chi connectivity index (χ0n) is 12.9. The molecule has 4 N–H and O–H groups in total. The largest absolute Gasteiger partial charge is 0.372 e. The van der Waals surface area contributed by atoms with Crippen molar-refractivity contribution in [2.45, 2.75) is 6.92 Å². The summed E-state index contributed by atoms with van der Waals surface area (Å²) in [6.07, 6.45) is 0. The summed E-state index contributed by atoms with van der Waals surface area (Å²) in [5.41, 5.74) is 9.14. The van der Waals surface area contributed by atoms with Crippen LogP contribution in [-0.2, 0) is 4.79 Å². The Labute approximate surface area is 133 Å². The van der Waals surface area contributed by atoms with Crippen LogP contribution in [0.1, 0.15) is 6.92 Å². The summed E-state index contributed by atoms with van der Waals surface area (Å²) in [4.78, 5) is 19.9. The molecule has 23 heavy (non-hydrogen) atoms. The summed E-state index contributed by atoms with van der Waals surface area (Å²) in [6, 6.07) is 13.5. The van der Waals surface area contributed by atoms with Crippen molar-refractivity contribution in [1.82, 2.24) is 9.97 Å². The van der Waals surface area contributed by atoms with Crippen molar-refractivity contribution in [3.05, 3.63) is 42.5 Å². The van der Waals surface area contributed by atoms with Crippen LogP contribution in [0.5, 0.6) is 0 Å². The predicted molar refractivity (Wildman–Crippen MR) is 93.2 cm³/mol. The molecule has 0 aliphatic carbocycles. The number of nitrogen functional groups attached to an aromatic ring is 1. The number of anilines is 3. The SMILES string of the molecule is CNc1nc(N)nc2cc(-c3ccccc3NC(C)=O)ccc12. The molecule has 6 heteroatoms. The number of para-hydroxylation sites is 1. The Morgan fingerprint density at radius 1 is 1.13 bits per heavy atom. The molecular weight excluding hydrogens is 290 g/mol. The van der Waals surface area contributed by atoms with E-state index in [1.165, 1.54) is 6.92 Å². The molecule has 0 unspecified atom stereocenters. The van der Waals surface area contributed by atoms with Crippen molar-refractivity contribution in [1.29, 1.82) is 0 Å². The number of hydrogen-bond donors (Lipinski definition) is 3. The molecule has 3 aromatic rings. The second-order valence-corrected chi connectivity index (χ2v) is 5.14. The first kappa shape index (κ1) is 14.8. The summed E-state index contributed by atoms with van der Waals surface area (Å²) in [5.74, 6) is 0.797. The lowest BCUT2D eigenvalue weighted by atomic mass is 10.0. The van der Waals surface area contributed by atoms with Gasteiger partial charge in [0.25, 0.3) is 0 Å². The van der Waals surface area contributed by atoms with Crippen LogP contribution in [0.15, 0.2) is 42.5 Å². The fourth-order valence-electron chi connectivity index (χ4n) is 2.54. The Bertz CT molecular complexity index is 891. The number of aromatic nitrogens is 2. The normalized spacial score (nSPS) is 10.5. The molecule has 3 rings (SSSR count). The maximum Gasteiger partial charge on any atom is 0.222 e. The first-order valence-corrected chi connectivity index (χ1v) is 7.20. The van der Waals surface area contributed by atoms with Gasteiger partial charge in [0.05, 0.1) is 5.52 Å². The molecule has 1 amide bonds. The number of nitrogens with zero attached hydrogens (tertiary/aromatic N) is 2. The molecule has 1 aromatic heterocycles. The van der Waals surface area contributed by atoms with E-state index in [0.717, 1.165) is 27.7 Å². The third kappa shape index (κ3) is 2.91. The molecule has 1 heterocycles. The van der Waals surface area contributed by atoms with Gasteiger partial charge in [-0.2, -0.15) is 4.98 Å². The molecule has 0 radical (unpaired) electrons. The van der Waals surface area contributed by atoms with E-state index in [-0.39, 0.29) is 11.9 Å². The number of hydrogen-bond acceptors (Lipinski definition) is 5. The fraction of sp³-hybridized carbons (Fsp3) is 0.118. The average Bonchev–Trinajstić information content (AvgIpc) is 2.53. The molecule has 6 nitrogen and oxygen atoms in total. The lowest BCUT2D eigenvalue weighted by molar-refractivity contribution is -0.114. The quantitative estimate of drug-likeness (QED) is 0.692. The second kappa shape index (κ2) is 5.92. The molecule has 116 valence electrons. The van der Waals surface area contributed by atoms with E-state index in [0.29, 0.717) is 5.82 Å². The first-order chi connectivity index (χ1) is 11.1. The smallest absolute Gasteiger partial charge is 0.222 e. The molecule has 0 saturated carbocycles. The summed E-state index contributed by atoms with van der Waals surface area (Å²) >= 11 is 0. The number of carbonyl (C=O) groups excluding carboxylic acids is 1. The number of carbonyl (C=O) groups is 1. The topological polar surface area (TPSA) is 92.9 Å². The van der Waals surface area contributed by atoms with Crippen molar-refractivity contribution in [2.24, 2.45) is 0 Å². The summed E-state index contributed by atoms with van der Waals surface area (Å²) in [5, 5.41) is 6.76. The van der Waals surface area contributed by atoms with Crippen LogP contribution in [0.4, 0.5) is 17.5 Å². The minimum Gasteiger partial charge on any atom is -0.372 e. The number of rotatable bonds is 3. The summed E-state index contributed by atoms with van der Waals surface area (Å²) in [6.45, 7) is 1.49. The molecular formula is C17H17N5O. The van der Waals surface area contributed by atoms with Crippen LogP contribution >= 0.6 is 0 Å². The highest BCUT2D eigenvalue weighted by molar-refractivity contribution is 5.97. The highest BCUT2D eigenvalue weighted by Crippen LogP contribution is 2.31. The van der Waals surface area contributed by atoms with Gasteiger partial charge in [-0.25, -0.2) is 4.98 Å². The second-order valence-electron chi connectivity index (χ2n) is 5.14. The minimum absolute atomic E-state index is 0.109. The van der Waals surface area contributed by atoms with Crippen molar-refractivity contribution >= 4 is 34.3 Å². The standard InChI is InChI=1S/C17H17N5O/c1-10(23)20-14-6-4-3-5-12(14)11-7-8-13-15(9-11)21-17(18)22-16(13)19-2/h3-9H,1-2H3,(H,20,23)(H3,18,19,21,22). The predicted octanol–water partition coefficient (Wildman–Crippen LogP) is 2.88. The number of nitrogens with one attached hydrogen (secondary N) is 2. The van der Waals surface area contributed by atoms with E-state index >= 15 is 0 Å². The summed E-state index contributed by atoms with van der Waals surface area (Å²) < 4.78 is 0. The Kier molecular flexibility index (Phi) is 3.80.